The molecule has 0 radical (unpaired) electrons. The van der Waals surface area contributed by atoms with Crippen LogP contribution in [0.25, 0.3) is 11.0 Å². The lowest BCUT2D eigenvalue weighted by molar-refractivity contribution is 0.278. The lowest BCUT2D eigenvalue weighted by Crippen LogP contribution is -2.44. The maximum absolute atomic E-state index is 4.97. The summed E-state index contributed by atoms with van der Waals surface area (Å²) in [6.45, 7) is 8.78. The van der Waals surface area contributed by atoms with E-state index in [1.54, 1.807) is 0 Å². The number of nitrogens with zero attached hydrogens (tertiary/aromatic N) is 1. The monoisotopic (exact) mass is 271 g/mol. The van der Waals surface area contributed by atoms with E-state index in [0.717, 1.165) is 18.6 Å². The van der Waals surface area contributed by atoms with E-state index in [0.29, 0.717) is 0 Å². The number of piperidine rings is 1. The van der Waals surface area contributed by atoms with Crippen LogP contribution in [0.5, 0.6) is 0 Å². The Labute approximate surface area is 121 Å². The van der Waals surface area contributed by atoms with Crippen LogP contribution in [-0.4, -0.2) is 23.1 Å². The number of imidazole rings is 1. The lowest BCUT2D eigenvalue weighted by atomic mass is 9.76. The summed E-state index contributed by atoms with van der Waals surface area (Å²) in [5.74, 6) is 1.19. The summed E-state index contributed by atoms with van der Waals surface area (Å²) in [5.41, 5.74) is 5.12. The zero-order chi connectivity index (χ0) is 14.2. The Morgan fingerprint density at radius 1 is 1.30 bits per heavy atom. The topological polar surface area (TPSA) is 40.7 Å². The molecule has 2 heterocycles. The van der Waals surface area contributed by atoms with E-state index in [-0.39, 0.29) is 5.41 Å². The number of nitrogens with one attached hydrogen (secondary N) is 2. The Morgan fingerprint density at radius 2 is 2.15 bits per heavy atom. The molecule has 2 aromatic rings. The van der Waals surface area contributed by atoms with Crippen molar-refractivity contribution in [2.75, 3.05) is 13.1 Å². The van der Waals surface area contributed by atoms with Crippen LogP contribution in [0.2, 0.25) is 0 Å². The first-order valence-electron chi connectivity index (χ1n) is 7.83. The summed E-state index contributed by atoms with van der Waals surface area (Å²) in [4.78, 5) is 8.59. The average Bonchev–Trinajstić information content (AvgIpc) is 2.85. The average molecular weight is 271 g/mol. The Kier molecular flexibility index (Phi) is 3.55. The molecule has 0 spiro atoms. The molecule has 108 valence electrons. The Hall–Kier alpha value is -1.35. The number of rotatable bonds is 3. The van der Waals surface area contributed by atoms with Gasteiger partial charge in [0, 0.05) is 12.0 Å². The van der Waals surface area contributed by atoms with Crippen molar-refractivity contribution in [2.45, 2.75) is 51.9 Å². The van der Waals surface area contributed by atoms with Gasteiger partial charge in [-0.05, 0) is 56.8 Å². The molecule has 2 N–H and O–H groups in total. The zero-order valence-corrected chi connectivity index (χ0v) is 12.8. The predicted molar refractivity (Wildman–Crippen MR) is 84.3 cm³/mol. The molecule has 1 fully saturated rings. The van der Waals surface area contributed by atoms with Gasteiger partial charge in [-0.1, -0.05) is 19.4 Å². The molecular weight excluding hydrogens is 246 g/mol. The van der Waals surface area contributed by atoms with Crippen LogP contribution < -0.4 is 5.32 Å². The molecule has 1 aliphatic heterocycles. The maximum Gasteiger partial charge on any atom is 0.114 e. The van der Waals surface area contributed by atoms with Crippen LogP contribution in [-0.2, 0) is 5.41 Å². The summed E-state index contributed by atoms with van der Waals surface area (Å²) in [6, 6.07) is 4.44. The zero-order valence-electron chi connectivity index (χ0n) is 12.8. The molecule has 0 aliphatic carbocycles. The van der Waals surface area contributed by atoms with E-state index in [1.165, 1.54) is 48.2 Å². The van der Waals surface area contributed by atoms with Crippen LogP contribution in [0.15, 0.2) is 12.1 Å². The van der Waals surface area contributed by atoms with E-state index in [4.69, 9.17) is 4.98 Å². The van der Waals surface area contributed by atoms with Crippen molar-refractivity contribution in [3.05, 3.63) is 29.1 Å². The highest BCUT2D eigenvalue weighted by atomic mass is 15.0. The number of aromatic amines is 1. The smallest absolute Gasteiger partial charge is 0.114 e. The normalized spacial score (nSPS) is 23.4. The molecular formula is C17H25N3. The number of hydrogen-bond donors (Lipinski definition) is 2. The first-order valence-corrected chi connectivity index (χ1v) is 7.83. The Balaban J connectivity index is 2.09. The van der Waals surface area contributed by atoms with Crippen LogP contribution in [0.4, 0.5) is 0 Å². The van der Waals surface area contributed by atoms with Gasteiger partial charge >= 0.3 is 0 Å². The van der Waals surface area contributed by atoms with Gasteiger partial charge in [-0.15, -0.1) is 0 Å². The highest BCUT2D eigenvalue weighted by Gasteiger charge is 2.36. The molecule has 0 amide bonds. The first-order chi connectivity index (χ1) is 9.64. The summed E-state index contributed by atoms with van der Waals surface area (Å²) in [7, 11) is 0. The van der Waals surface area contributed by atoms with Gasteiger partial charge in [-0.3, -0.25) is 0 Å². The predicted octanol–water partition coefficient (Wildman–Crippen LogP) is 3.60. The van der Waals surface area contributed by atoms with Gasteiger partial charge in [-0.25, -0.2) is 4.98 Å². The van der Waals surface area contributed by atoms with E-state index in [2.05, 4.69) is 43.2 Å². The van der Waals surface area contributed by atoms with Gasteiger partial charge in [0.05, 0.1) is 11.0 Å². The number of aryl methyl sites for hydroxylation is 2. The Bertz CT molecular complexity index is 600. The van der Waals surface area contributed by atoms with Crippen molar-refractivity contribution in [3.8, 4) is 0 Å². The second kappa shape index (κ2) is 5.21. The van der Waals surface area contributed by atoms with E-state index in [9.17, 15) is 0 Å². The number of hydrogen-bond acceptors (Lipinski definition) is 2. The second-order valence-corrected chi connectivity index (χ2v) is 6.37. The van der Waals surface area contributed by atoms with Crippen molar-refractivity contribution < 1.29 is 0 Å². The molecule has 1 aromatic carbocycles. The minimum atomic E-state index is 0.201. The van der Waals surface area contributed by atoms with Gasteiger partial charge in [0.15, 0.2) is 0 Å². The minimum Gasteiger partial charge on any atom is -0.341 e. The van der Waals surface area contributed by atoms with E-state index < -0.39 is 0 Å². The van der Waals surface area contributed by atoms with Gasteiger partial charge < -0.3 is 10.3 Å². The largest absolute Gasteiger partial charge is 0.341 e. The van der Waals surface area contributed by atoms with Crippen LogP contribution in [0.3, 0.4) is 0 Å². The fourth-order valence-corrected chi connectivity index (χ4v) is 3.70. The van der Waals surface area contributed by atoms with Gasteiger partial charge in [-0.2, -0.15) is 0 Å². The fourth-order valence-electron chi connectivity index (χ4n) is 3.70. The van der Waals surface area contributed by atoms with Crippen LogP contribution in [0.1, 0.15) is 49.6 Å². The van der Waals surface area contributed by atoms with Crippen molar-refractivity contribution in [1.29, 1.82) is 0 Å². The quantitative estimate of drug-likeness (QED) is 0.895. The molecule has 1 atom stereocenters. The first kappa shape index (κ1) is 13.6. The highest BCUT2D eigenvalue weighted by Crippen LogP contribution is 2.35. The molecule has 1 aromatic heterocycles. The third-order valence-electron chi connectivity index (χ3n) is 4.62. The third kappa shape index (κ3) is 2.24. The number of H-pyrrole nitrogens is 1. The minimum absolute atomic E-state index is 0.201. The van der Waals surface area contributed by atoms with Crippen LogP contribution in [0, 0.1) is 13.8 Å². The molecule has 3 rings (SSSR count). The summed E-state index contributed by atoms with van der Waals surface area (Å²) >= 11 is 0. The fraction of sp³-hybridized carbons (Fsp3) is 0.588. The van der Waals surface area contributed by atoms with Crippen molar-refractivity contribution in [2.24, 2.45) is 0 Å². The highest BCUT2D eigenvalue weighted by molar-refractivity contribution is 5.79. The van der Waals surface area contributed by atoms with Gasteiger partial charge in [0.1, 0.15) is 5.82 Å². The third-order valence-corrected chi connectivity index (χ3v) is 4.62. The molecule has 1 saturated heterocycles. The SMILES string of the molecule is CCCC1(c2nc3c(C)cc(C)cc3[nH]2)CCCNC1. The maximum atomic E-state index is 4.97. The van der Waals surface area contributed by atoms with Crippen LogP contribution >= 0.6 is 0 Å². The number of aromatic nitrogens is 2. The van der Waals surface area contributed by atoms with Crippen molar-refractivity contribution >= 4 is 11.0 Å². The summed E-state index contributed by atoms with van der Waals surface area (Å²) in [6.07, 6.45) is 4.90. The van der Waals surface area contributed by atoms with Crippen molar-refractivity contribution in [3.63, 3.8) is 0 Å². The molecule has 0 saturated carbocycles. The molecule has 20 heavy (non-hydrogen) atoms. The summed E-state index contributed by atoms with van der Waals surface area (Å²) in [5, 5.41) is 3.57. The molecule has 1 aliphatic rings. The Morgan fingerprint density at radius 3 is 2.85 bits per heavy atom. The lowest BCUT2D eigenvalue weighted by Gasteiger charge is -2.36. The van der Waals surface area contributed by atoms with Crippen molar-refractivity contribution in [1.82, 2.24) is 15.3 Å². The number of fused-ring (bicyclic) bond motifs is 1. The molecule has 1 unspecified atom stereocenters. The summed E-state index contributed by atoms with van der Waals surface area (Å²) < 4.78 is 0. The standard InChI is InChI=1S/C17H25N3/c1-4-6-17(7-5-8-18-11-17)16-19-14-10-12(2)9-13(3)15(14)20-16/h9-10,18H,4-8,11H2,1-3H3,(H,19,20). The van der Waals surface area contributed by atoms with Gasteiger partial charge in [0.25, 0.3) is 0 Å². The number of benzene rings is 1. The molecule has 3 nitrogen and oxygen atoms in total. The van der Waals surface area contributed by atoms with E-state index >= 15 is 0 Å². The second-order valence-electron chi connectivity index (χ2n) is 6.37. The molecule has 3 heteroatoms. The van der Waals surface area contributed by atoms with Gasteiger partial charge in [0.2, 0.25) is 0 Å². The molecule has 0 bridgehead atoms. The van der Waals surface area contributed by atoms with E-state index in [1.807, 2.05) is 0 Å².